The van der Waals surface area contributed by atoms with E-state index in [1.54, 1.807) is 18.3 Å². The van der Waals surface area contributed by atoms with Crippen molar-refractivity contribution in [1.82, 2.24) is 9.97 Å². The molecule has 1 amide bonds. The van der Waals surface area contributed by atoms with E-state index in [1.165, 1.54) is 11.3 Å². The molecule has 4 rings (SSSR count). The van der Waals surface area contributed by atoms with E-state index in [1.807, 2.05) is 55.6 Å². The van der Waals surface area contributed by atoms with E-state index in [-0.39, 0.29) is 12.3 Å². The van der Waals surface area contributed by atoms with Crippen molar-refractivity contribution >= 4 is 22.9 Å². The zero-order valence-electron chi connectivity index (χ0n) is 16.0. The first-order valence-corrected chi connectivity index (χ1v) is 9.95. The molecule has 0 saturated carbocycles. The van der Waals surface area contributed by atoms with Crippen LogP contribution in [0.1, 0.15) is 17.0 Å². The van der Waals surface area contributed by atoms with Gasteiger partial charge in [0.1, 0.15) is 11.5 Å². The molecule has 1 aromatic carbocycles. The average Bonchev–Trinajstić information content (AvgIpc) is 3.34. The highest BCUT2D eigenvalue weighted by molar-refractivity contribution is 7.13. The molecule has 0 atom stereocenters. The second-order valence-corrected chi connectivity index (χ2v) is 7.44. The van der Waals surface area contributed by atoms with Gasteiger partial charge in [-0.2, -0.15) is 0 Å². The predicted molar refractivity (Wildman–Crippen MR) is 112 cm³/mol. The molecule has 0 aliphatic rings. The van der Waals surface area contributed by atoms with Crippen molar-refractivity contribution in [1.29, 1.82) is 0 Å². The Morgan fingerprint density at radius 3 is 2.62 bits per heavy atom. The van der Waals surface area contributed by atoms with Crippen LogP contribution in [0.15, 0.2) is 64.5 Å². The minimum Gasteiger partial charge on any atom is -0.459 e. The van der Waals surface area contributed by atoms with Crippen molar-refractivity contribution in [3.8, 4) is 22.4 Å². The van der Waals surface area contributed by atoms with Crippen LogP contribution in [0.4, 0.5) is 5.69 Å². The van der Waals surface area contributed by atoms with Gasteiger partial charge < -0.3 is 14.5 Å². The summed E-state index contributed by atoms with van der Waals surface area (Å²) in [4.78, 5) is 21.0. The molecule has 0 aliphatic heterocycles. The Morgan fingerprint density at radius 1 is 1.10 bits per heavy atom. The second kappa shape index (κ2) is 8.28. The Bertz CT molecular complexity index is 1110. The van der Waals surface area contributed by atoms with E-state index < -0.39 is 0 Å². The quantitative estimate of drug-likeness (QED) is 0.465. The molecule has 0 aliphatic carbocycles. The largest absolute Gasteiger partial charge is 0.459 e. The summed E-state index contributed by atoms with van der Waals surface area (Å²) in [5.41, 5.74) is 2.46. The highest BCUT2D eigenvalue weighted by Crippen LogP contribution is 2.26. The number of pyridine rings is 1. The van der Waals surface area contributed by atoms with Gasteiger partial charge in [0.25, 0.3) is 0 Å². The summed E-state index contributed by atoms with van der Waals surface area (Å²) in [6.45, 7) is 3.90. The van der Waals surface area contributed by atoms with Crippen LogP contribution in [0.2, 0.25) is 0 Å². The number of benzene rings is 1. The van der Waals surface area contributed by atoms with Crippen molar-refractivity contribution in [2.24, 2.45) is 0 Å². The first-order valence-electron chi connectivity index (χ1n) is 9.07. The molecule has 0 spiro atoms. The maximum Gasteiger partial charge on any atom is 0.230 e. The molecule has 3 heterocycles. The number of nitrogens with one attached hydrogen (secondary N) is 1. The van der Waals surface area contributed by atoms with Gasteiger partial charge in [0.2, 0.25) is 11.8 Å². The van der Waals surface area contributed by atoms with Gasteiger partial charge in [-0.3, -0.25) is 4.79 Å². The van der Waals surface area contributed by atoms with Crippen LogP contribution in [0.3, 0.4) is 0 Å². The van der Waals surface area contributed by atoms with Gasteiger partial charge in [0, 0.05) is 11.4 Å². The van der Waals surface area contributed by atoms with Gasteiger partial charge in [-0.1, -0.05) is 17.7 Å². The van der Waals surface area contributed by atoms with Crippen LogP contribution < -0.4 is 10.1 Å². The lowest BCUT2D eigenvalue weighted by atomic mass is 10.2. The molecule has 3 aromatic heterocycles. The van der Waals surface area contributed by atoms with Gasteiger partial charge in [-0.25, -0.2) is 9.97 Å². The summed E-state index contributed by atoms with van der Waals surface area (Å²) in [5.74, 6) is 2.56. The van der Waals surface area contributed by atoms with Crippen molar-refractivity contribution in [3.63, 3.8) is 0 Å². The van der Waals surface area contributed by atoms with Crippen LogP contribution in [0.5, 0.6) is 11.6 Å². The Hall–Kier alpha value is -3.45. The third-order valence-electron chi connectivity index (χ3n) is 4.11. The van der Waals surface area contributed by atoms with Gasteiger partial charge in [-0.05, 0) is 44.2 Å². The molecule has 0 unspecified atom stereocenters. The molecule has 0 bridgehead atoms. The number of carbonyl (C=O) groups excluding carboxylic acids is 1. The summed E-state index contributed by atoms with van der Waals surface area (Å²) in [7, 11) is 0. The normalized spacial score (nSPS) is 10.7. The number of nitrogens with zero attached hydrogens (tertiary/aromatic N) is 2. The Kier molecular flexibility index (Phi) is 5.39. The number of aromatic nitrogens is 2. The number of hydrogen-bond acceptors (Lipinski definition) is 6. The molecule has 7 heteroatoms. The molecular formula is C22H19N3O3S. The fourth-order valence-electron chi connectivity index (χ4n) is 2.66. The van der Waals surface area contributed by atoms with E-state index in [4.69, 9.17) is 9.15 Å². The summed E-state index contributed by atoms with van der Waals surface area (Å²) in [6.07, 6.45) is 1.75. The first-order chi connectivity index (χ1) is 14.0. The monoisotopic (exact) mass is 405 g/mol. The standard InChI is InChI=1S/C22H19N3O3S/c1-14-3-7-18(8-4-14)28-21-10-6-16(12-23-21)24-20(26)11-17-13-29-22(25-17)19-9-5-15(2)27-19/h3-10,12-13H,11H2,1-2H3,(H,24,26). The van der Waals surface area contributed by atoms with Crippen molar-refractivity contribution < 1.29 is 13.9 Å². The fraction of sp³-hybridized carbons (Fsp3) is 0.136. The van der Waals surface area contributed by atoms with Crippen LogP contribution >= 0.6 is 11.3 Å². The lowest BCUT2D eigenvalue weighted by Crippen LogP contribution is -2.14. The van der Waals surface area contributed by atoms with Gasteiger partial charge in [0.15, 0.2) is 10.8 Å². The maximum absolute atomic E-state index is 12.3. The number of carbonyl (C=O) groups is 1. The Labute approximate surface area is 172 Å². The predicted octanol–water partition coefficient (Wildman–Crippen LogP) is 5.39. The van der Waals surface area contributed by atoms with E-state index in [9.17, 15) is 4.79 Å². The molecular weight excluding hydrogens is 386 g/mol. The highest BCUT2D eigenvalue weighted by Gasteiger charge is 2.12. The highest BCUT2D eigenvalue weighted by atomic mass is 32.1. The molecule has 0 radical (unpaired) electrons. The number of anilines is 1. The maximum atomic E-state index is 12.3. The number of furan rings is 1. The molecule has 1 N–H and O–H groups in total. The molecule has 29 heavy (non-hydrogen) atoms. The minimum atomic E-state index is -0.161. The van der Waals surface area contributed by atoms with Crippen LogP contribution in [-0.2, 0) is 11.2 Å². The number of thiazole rings is 1. The van der Waals surface area contributed by atoms with Gasteiger partial charge in [-0.15, -0.1) is 11.3 Å². The topological polar surface area (TPSA) is 77.2 Å². The number of amides is 1. The summed E-state index contributed by atoms with van der Waals surface area (Å²) < 4.78 is 11.3. The summed E-state index contributed by atoms with van der Waals surface area (Å²) in [5, 5.41) is 5.45. The average molecular weight is 405 g/mol. The minimum absolute atomic E-state index is 0.161. The molecule has 4 aromatic rings. The van der Waals surface area contributed by atoms with Crippen molar-refractivity contribution in [2.45, 2.75) is 20.3 Å². The number of ether oxygens (including phenoxy) is 1. The third kappa shape index (κ3) is 4.89. The lowest BCUT2D eigenvalue weighted by molar-refractivity contribution is -0.115. The second-order valence-electron chi connectivity index (χ2n) is 6.58. The Balaban J connectivity index is 1.34. The van der Waals surface area contributed by atoms with E-state index in [0.717, 1.165) is 16.3 Å². The van der Waals surface area contributed by atoms with E-state index in [2.05, 4.69) is 15.3 Å². The summed E-state index contributed by atoms with van der Waals surface area (Å²) >= 11 is 1.45. The van der Waals surface area contributed by atoms with E-state index >= 15 is 0 Å². The number of hydrogen-bond donors (Lipinski definition) is 1. The van der Waals surface area contributed by atoms with Crippen LogP contribution in [0.25, 0.3) is 10.8 Å². The Morgan fingerprint density at radius 2 is 1.93 bits per heavy atom. The van der Waals surface area contributed by atoms with Crippen molar-refractivity contribution in [2.75, 3.05) is 5.32 Å². The molecule has 146 valence electrons. The van der Waals surface area contributed by atoms with Crippen LogP contribution in [-0.4, -0.2) is 15.9 Å². The molecule has 0 saturated heterocycles. The lowest BCUT2D eigenvalue weighted by Gasteiger charge is -2.07. The van der Waals surface area contributed by atoms with Crippen molar-refractivity contribution in [3.05, 3.63) is 77.1 Å². The smallest absolute Gasteiger partial charge is 0.230 e. The fourth-order valence-corrected chi connectivity index (χ4v) is 3.44. The third-order valence-corrected chi connectivity index (χ3v) is 5.01. The zero-order valence-corrected chi connectivity index (χ0v) is 16.8. The number of rotatable bonds is 6. The van der Waals surface area contributed by atoms with Crippen LogP contribution in [0, 0.1) is 13.8 Å². The first kappa shape index (κ1) is 18.9. The zero-order chi connectivity index (χ0) is 20.2. The molecule has 0 fully saturated rings. The van der Waals surface area contributed by atoms with Gasteiger partial charge in [0.05, 0.1) is 24.0 Å². The molecule has 6 nitrogen and oxygen atoms in total. The number of aryl methyl sites for hydroxylation is 2. The van der Waals surface area contributed by atoms with E-state index in [0.29, 0.717) is 28.8 Å². The summed E-state index contributed by atoms with van der Waals surface area (Å²) in [6, 6.07) is 15.0. The van der Waals surface area contributed by atoms with Gasteiger partial charge >= 0.3 is 0 Å². The SMILES string of the molecule is Cc1ccc(Oc2ccc(NC(=O)Cc3csc(-c4ccc(C)o4)n3)cn2)cc1.